The molecule has 0 saturated carbocycles. The number of nitro groups is 1. The van der Waals surface area contributed by atoms with Crippen LogP contribution in [0.25, 0.3) is 0 Å². The summed E-state index contributed by atoms with van der Waals surface area (Å²) in [5.74, 6) is -5.91. The van der Waals surface area contributed by atoms with Crippen molar-refractivity contribution in [2.75, 3.05) is 7.11 Å². The minimum absolute atomic E-state index is 0. The fraction of sp³-hybridized carbons (Fsp3) is 0.500. The second-order valence-corrected chi connectivity index (χ2v) is 16.4. The van der Waals surface area contributed by atoms with Gasteiger partial charge in [-0.1, -0.05) is 109 Å². The Hall–Kier alpha value is -5.94. The van der Waals surface area contributed by atoms with E-state index >= 15 is 0 Å². The first-order valence-corrected chi connectivity index (χ1v) is 21.7. The van der Waals surface area contributed by atoms with Crippen LogP contribution in [-0.4, -0.2) is 76.0 Å². The third-order valence-electron chi connectivity index (χ3n) is 10.8. The molecule has 8 N–H and O–H groups in total. The van der Waals surface area contributed by atoms with E-state index in [0.29, 0.717) is 12.0 Å². The smallest absolute Gasteiger partial charge is 0.328 e. The molecule has 17 nitrogen and oxygen atoms in total. The lowest BCUT2D eigenvalue weighted by Gasteiger charge is -2.30. The Morgan fingerprint density at radius 2 is 1.59 bits per heavy atom. The highest BCUT2D eigenvalue weighted by atomic mass is 35.5. The van der Waals surface area contributed by atoms with Crippen molar-refractivity contribution in [1.29, 1.82) is 0 Å². The number of carbonyl (C=O) groups is 5. The number of phenolic OH excluding ortho intramolecular Hbond substituents is 1. The number of nitrogens with zero attached hydrogens (tertiary/aromatic N) is 1. The van der Waals surface area contributed by atoms with Crippen molar-refractivity contribution in [2.24, 2.45) is 11.7 Å². The molecule has 0 saturated heterocycles. The van der Waals surface area contributed by atoms with Gasteiger partial charge >= 0.3 is 11.7 Å². The minimum Gasteiger partial charge on any atom is -0.504 e. The first kappa shape index (κ1) is 52.4. The number of nitrogens with two attached hydrogens (primary N) is 1. The van der Waals surface area contributed by atoms with Crippen LogP contribution >= 0.6 is 12.4 Å². The van der Waals surface area contributed by atoms with Crippen LogP contribution in [0.5, 0.6) is 23.0 Å². The highest BCUT2D eigenvalue weighted by Gasteiger charge is 2.37. The number of unbranched alkanes of at least 4 members (excludes halogenated alkanes) is 8. The number of ether oxygens (including phenoxy) is 2. The number of aliphatic carboxylic acids is 1. The molecule has 4 amide bonds. The molecule has 0 aliphatic carbocycles. The number of carboxylic acids is 1. The van der Waals surface area contributed by atoms with E-state index in [0.717, 1.165) is 44.6 Å². The number of carbonyl (C=O) groups excluding carboxylic acids is 4. The van der Waals surface area contributed by atoms with Gasteiger partial charge in [-0.2, -0.15) is 0 Å². The van der Waals surface area contributed by atoms with E-state index in [-0.39, 0.29) is 72.4 Å². The van der Waals surface area contributed by atoms with Crippen LogP contribution in [0.3, 0.4) is 0 Å². The Kier molecular flexibility index (Phi) is 21.3. The van der Waals surface area contributed by atoms with Gasteiger partial charge in [-0.25, -0.2) is 4.79 Å². The van der Waals surface area contributed by atoms with Gasteiger partial charge in [-0.3, -0.25) is 29.3 Å². The maximum absolute atomic E-state index is 14.6. The van der Waals surface area contributed by atoms with Gasteiger partial charge in [0.15, 0.2) is 17.5 Å². The molecular formula is C46H63ClN6O11. The molecule has 350 valence electrons. The quantitative estimate of drug-likeness (QED) is 0.0352. The van der Waals surface area contributed by atoms with Gasteiger partial charge in [-0.15, -0.1) is 12.4 Å². The molecule has 1 unspecified atom stereocenters. The van der Waals surface area contributed by atoms with Crippen molar-refractivity contribution in [3.63, 3.8) is 0 Å². The Morgan fingerprint density at radius 1 is 0.938 bits per heavy atom. The summed E-state index contributed by atoms with van der Waals surface area (Å²) in [5.41, 5.74) is 6.40. The van der Waals surface area contributed by atoms with Crippen LogP contribution in [0.15, 0.2) is 60.7 Å². The molecule has 0 fully saturated rings. The third-order valence-corrected chi connectivity index (χ3v) is 10.8. The fourth-order valence-corrected chi connectivity index (χ4v) is 7.52. The first-order valence-electron chi connectivity index (χ1n) is 21.7. The average molecular weight is 911 g/mol. The van der Waals surface area contributed by atoms with Crippen molar-refractivity contribution < 1.29 is 48.6 Å². The van der Waals surface area contributed by atoms with Gasteiger partial charge in [0.2, 0.25) is 35.1 Å². The SMILES string of the molecule is CCCCCCCCCCCC(=O)N[C@@H](C(=O)O)C1NC(=O)[C@H](Cc2ccccc2)NC(=O)[C@H](NC(=O)[C@H](N)CC(C)C)Cc2ccc(c([N+](=O)[O-])c2)Oc2cc1cc(O)c2OC.Cl. The number of aromatic hydroxyl groups is 1. The van der Waals surface area contributed by atoms with Crippen molar-refractivity contribution >= 4 is 47.7 Å². The monoisotopic (exact) mass is 910 g/mol. The first-order chi connectivity index (χ1) is 30.1. The summed E-state index contributed by atoms with van der Waals surface area (Å²) in [6, 6.07) is 7.64. The summed E-state index contributed by atoms with van der Waals surface area (Å²) in [4.78, 5) is 80.6. The van der Waals surface area contributed by atoms with Crippen molar-refractivity contribution in [1.82, 2.24) is 21.3 Å². The van der Waals surface area contributed by atoms with Gasteiger partial charge in [0.1, 0.15) is 12.1 Å². The molecule has 0 radical (unpaired) electrons. The molecular weight excluding hydrogens is 848 g/mol. The molecule has 0 spiro atoms. The highest BCUT2D eigenvalue weighted by Crippen LogP contribution is 2.44. The number of amides is 4. The Labute approximate surface area is 380 Å². The van der Waals surface area contributed by atoms with Gasteiger partial charge in [-0.05, 0) is 53.6 Å². The Balaban J connectivity index is 0.0000109. The Morgan fingerprint density at radius 3 is 2.20 bits per heavy atom. The molecule has 5 atom stereocenters. The van der Waals surface area contributed by atoms with Crippen LogP contribution in [0.4, 0.5) is 5.69 Å². The number of phenols is 1. The van der Waals surface area contributed by atoms with Gasteiger partial charge < -0.3 is 46.7 Å². The molecule has 64 heavy (non-hydrogen) atoms. The van der Waals surface area contributed by atoms with E-state index in [1.807, 2.05) is 13.8 Å². The number of benzene rings is 3. The topological polar surface area (TPSA) is 262 Å². The molecule has 2 heterocycles. The number of rotatable bonds is 21. The van der Waals surface area contributed by atoms with Crippen LogP contribution in [0.1, 0.15) is 114 Å². The molecule has 0 aromatic heterocycles. The zero-order valence-electron chi connectivity index (χ0n) is 36.9. The number of fused-ring (bicyclic) bond motifs is 9. The second kappa shape index (κ2) is 26.0. The standard InChI is InChI=1S/C46H62N6O11.ClH/c1-5-6-7-8-9-10-11-12-16-19-39(54)50-41(46(58)59)40-31-26-36(53)42(62-4)38(27-31)63-37-21-20-30(25-35(37)52(60)61)24-34(48-43(55)32(47)22-28(2)3)44(56)49-33(45(57)51-40)23-29-17-14-13-15-18-29;/h13-15,17-18,20-21,25-28,32-34,40-41,53H,5-12,16,19,22-24,47H2,1-4H3,(H,48,55)(H,49,56)(H,50,54)(H,51,57)(H,58,59);1H/t32-,33+,34-,40?,41-;/m1./s1. The maximum atomic E-state index is 14.6. The number of nitrogens with one attached hydrogen (secondary N) is 4. The summed E-state index contributed by atoms with van der Waals surface area (Å²) in [5, 5.41) is 45.0. The second-order valence-electron chi connectivity index (χ2n) is 16.4. The van der Waals surface area contributed by atoms with E-state index in [4.69, 9.17) is 15.2 Å². The van der Waals surface area contributed by atoms with Gasteiger partial charge in [0.25, 0.3) is 0 Å². The predicted octanol–water partition coefficient (Wildman–Crippen LogP) is 6.31. The number of halogens is 1. The lowest BCUT2D eigenvalue weighted by atomic mass is 9.96. The Bertz CT molecular complexity index is 2050. The van der Waals surface area contributed by atoms with Crippen LogP contribution in [0.2, 0.25) is 0 Å². The summed E-state index contributed by atoms with van der Waals surface area (Å²) in [6.45, 7) is 5.91. The molecule has 5 rings (SSSR count). The zero-order chi connectivity index (χ0) is 46.1. The van der Waals surface area contributed by atoms with Crippen molar-refractivity contribution in [3.05, 3.63) is 87.5 Å². The van der Waals surface area contributed by atoms with E-state index < -0.39 is 76.2 Å². The largest absolute Gasteiger partial charge is 0.504 e. The lowest BCUT2D eigenvalue weighted by molar-refractivity contribution is -0.385. The van der Waals surface area contributed by atoms with E-state index in [1.165, 1.54) is 44.2 Å². The third kappa shape index (κ3) is 15.7. The van der Waals surface area contributed by atoms with Crippen LogP contribution in [-0.2, 0) is 36.8 Å². The number of hydrogen-bond acceptors (Lipinski definition) is 11. The minimum atomic E-state index is -1.84. The summed E-state index contributed by atoms with van der Waals surface area (Å²) < 4.78 is 11.4. The molecule has 3 aromatic carbocycles. The normalized spacial score (nSPS) is 17.2. The van der Waals surface area contributed by atoms with Gasteiger partial charge in [0.05, 0.1) is 24.1 Å². The van der Waals surface area contributed by atoms with Crippen molar-refractivity contribution in [3.8, 4) is 23.0 Å². The molecule has 18 heteroatoms. The maximum Gasteiger partial charge on any atom is 0.328 e. The van der Waals surface area contributed by atoms with Crippen molar-refractivity contribution in [2.45, 2.75) is 134 Å². The average Bonchev–Trinajstić information content (AvgIpc) is 3.23. The summed E-state index contributed by atoms with van der Waals surface area (Å²) in [6.07, 6.45) is 8.89. The van der Waals surface area contributed by atoms with E-state index in [9.17, 15) is 44.3 Å². The van der Waals surface area contributed by atoms with E-state index in [2.05, 4.69) is 28.2 Å². The van der Waals surface area contributed by atoms with E-state index in [1.54, 1.807) is 30.3 Å². The fourth-order valence-electron chi connectivity index (χ4n) is 7.52. The molecule has 4 bridgehead atoms. The number of hydrogen-bond donors (Lipinski definition) is 7. The molecule has 3 aromatic rings. The van der Waals surface area contributed by atoms with Crippen LogP contribution in [0, 0.1) is 16.0 Å². The zero-order valence-corrected chi connectivity index (χ0v) is 37.7. The number of methoxy groups -OCH3 is 1. The summed E-state index contributed by atoms with van der Waals surface area (Å²) in [7, 11) is 1.22. The highest BCUT2D eigenvalue weighted by molar-refractivity contribution is 5.94. The van der Waals surface area contributed by atoms with Crippen LogP contribution < -0.4 is 36.5 Å². The molecule has 2 aliphatic rings. The number of nitro benzene ring substituents is 1. The molecule has 2 aliphatic heterocycles. The lowest BCUT2D eigenvalue weighted by Crippen LogP contribution is -2.58. The number of carboxylic acid groups (broad SMARTS) is 1. The summed E-state index contributed by atoms with van der Waals surface area (Å²) >= 11 is 0. The van der Waals surface area contributed by atoms with Gasteiger partial charge in [0, 0.05) is 25.3 Å². The predicted molar refractivity (Wildman–Crippen MR) is 243 cm³/mol.